The molecule has 0 amide bonds. The van der Waals surface area contributed by atoms with E-state index in [1.807, 2.05) is 0 Å². The van der Waals surface area contributed by atoms with Crippen molar-refractivity contribution < 1.29 is 0 Å². The molecule has 3 heteroatoms. The number of nitrogens with zero attached hydrogens (tertiary/aromatic N) is 2. The van der Waals surface area contributed by atoms with Gasteiger partial charge < -0.3 is 5.73 Å². The average molecular weight is 237 g/mol. The fraction of sp³-hybridized carbons (Fsp3) is 0.786. The predicted octanol–water partition coefficient (Wildman–Crippen LogP) is 3.22. The number of nitrogens with two attached hydrogens (primary N) is 1. The van der Waals surface area contributed by atoms with E-state index in [0.717, 1.165) is 19.4 Å². The lowest BCUT2D eigenvalue weighted by Crippen LogP contribution is -2.11. The van der Waals surface area contributed by atoms with Crippen molar-refractivity contribution in [3.63, 3.8) is 0 Å². The molecule has 0 fully saturated rings. The molecular weight excluding hydrogens is 210 g/mol. The summed E-state index contributed by atoms with van der Waals surface area (Å²) in [5, 5.41) is 4.73. The van der Waals surface area contributed by atoms with Crippen molar-refractivity contribution in [2.75, 3.05) is 0 Å². The van der Waals surface area contributed by atoms with E-state index in [0.29, 0.717) is 0 Å². The van der Waals surface area contributed by atoms with Gasteiger partial charge in [0.15, 0.2) is 0 Å². The zero-order valence-electron chi connectivity index (χ0n) is 11.8. The van der Waals surface area contributed by atoms with Gasteiger partial charge in [-0.1, -0.05) is 33.6 Å². The highest BCUT2D eigenvalue weighted by atomic mass is 15.3. The number of unbranched alkanes of at least 4 members (excludes halogenated alkanes) is 2. The molecule has 2 N–H and O–H groups in total. The molecule has 1 heterocycles. The van der Waals surface area contributed by atoms with E-state index in [-0.39, 0.29) is 6.04 Å². The first-order valence-corrected chi connectivity index (χ1v) is 6.99. The van der Waals surface area contributed by atoms with Crippen molar-refractivity contribution in [1.82, 2.24) is 9.78 Å². The van der Waals surface area contributed by atoms with Crippen molar-refractivity contribution in [2.24, 2.45) is 5.73 Å². The highest BCUT2D eigenvalue weighted by molar-refractivity contribution is 5.29. The Balaban J connectivity index is 2.96. The Morgan fingerprint density at radius 2 is 1.88 bits per heavy atom. The van der Waals surface area contributed by atoms with E-state index in [9.17, 15) is 0 Å². The fourth-order valence-corrected chi connectivity index (χ4v) is 2.42. The first-order chi connectivity index (χ1) is 8.15. The second-order valence-electron chi connectivity index (χ2n) is 4.73. The van der Waals surface area contributed by atoms with Gasteiger partial charge in [-0.15, -0.1) is 0 Å². The smallest absolute Gasteiger partial charge is 0.0672 e. The Hall–Kier alpha value is -0.830. The van der Waals surface area contributed by atoms with Crippen molar-refractivity contribution in [3.05, 3.63) is 17.0 Å². The maximum absolute atomic E-state index is 6.08. The van der Waals surface area contributed by atoms with Crippen molar-refractivity contribution >= 4 is 0 Å². The first-order valence-electron chi connectivity index (χ1n) is 6.99. The summed E-state index contributed by atoms with van der Waals surface area (Å²) in [5.74, 6) is 0. The monoisotopic (exact) mass is 237 g/mol. The number of hydrogen-bond donors (Lipinski definition) is 1. The van der Waals surface area contributed by atoms with Crippen LogP contribution in [-0.2, 0) is 19.4 Å². The maximum atomic E-state index is 6.08. The predicted molar refractivity (Wildman–Crippen MR) is 73.1 cm³/mol. The van der Waals surface area contributed by atoms with Gasteiger partial charge in [0, 0.05) is 23.8 Å². The Morgan fingerprint density at radius 1 is 1.18 bits per heavy atom. The van der Waals surface area contributed by atoms with Gasteiger partial charge in [-0.05, 0) is 26.2 Å². The molecule has 0 aliphatic carbocycles. The molecule has 0 bridgehead atoms. The Morgan fingerprint density at radius 3 is 2.35 bits per heavy atom. The van der Waals surface area contributed by atoms with E-state index in [2.05, 4.69) is 32.4 Å². The molecule has 0 aromatic carbocycles. The zero-order valence-corrected chi connectivity index (χ0v) is 11.8. The van der Waals surface area contributed by atoms with Crippen molar-refractivity contribution in [3.8, 4) is 0 Å². The lowest BCUT2D eigenvalue weighted by molar-refractivity contribution is 0.530. The molecule has 0 spiro atoms. The van der Waals surface area contributed by atoms with Crippen LogP contribution in [0.1, 0.15) is 70.0 Å². The summed E-state index contributed by atoms with van der Waals surface area (Å²) in [6, 6.07) is 0.0971. The molecule has 1 aromatic rings. The molecule has 1 rings (SSSR count). The minimum atomic E-state index is 0.0971. The van der Waals surface area contributed by atoms with E-state index in [4.69, 9.17) is 10.8 Å². The Labute approximate surface area is 105 Å². The van der Waals surface area contributed by atoms with Gasteiger partial charge in [0.05, 0.1) is 5.69 Å². The molecule has 0 aliphatic rings. The Kier molecular flexibility index (Phi) is 5.69. The summed E-state index contributed by atoms with van der Waals surface area (Å²) >= 11 is 0. The topological polar surface area (TPSA) is 43.8 Å². The molecule has 1 aromatic heterocycles. The second kappa shape index (κ2) is 6.80. The molecule has 17 heavy (non-hydrogen) atoms. The highest BCUT2D eigenvalue weighted by Crippen LogP contribution is 2.22. The molecule has 1 atom stereocenters. The fourth-order valence-electron chi connectivity index (χ4n) is 2.42. The van der Waals surface area contributed by atoms with Crippen molar-refractivity contribution in [1.29, 1.82) is 0 Å². The SMILES string of the molecule is CCCCCn1nc(CC)c(C(C)N)c1CC. The van der Waals surface area contributed by atoms with E-state index in [1.54, 1.807) is 0 Å². The minimum absolute atomic E-state index is 0.0971. The van der Waals surface area contributed by atoms with E-state index < -0.39 is 0 Å². The molecule has 1 unspecified atom stereocenters. The first kappa shape index (κ1) is 14.2. The third-order valence-corrected chi connectivity index (χ3v) is 3.27. The van der Waals surface area contributed by atoms with Crippen molar-refractivity contribution in [2.45, 2.75) is 72.4 Å². The zero-order chi connectivity index (χ0) is 12.8. The third kappa shape index (κ3) is 3.32. The molecular formula is C14H27N3. The van der Waals surface area contributed by atoms with Crippen LogP contribution in [0.2, 0.25) is 0 Å². The van der Waals surface area contributed by atoms with Crippen LogP contribution in [-0.4, -0.2) is 9.78 Å². The average Bonchev–Trinajstić information content (AvgIpc) is 2.67. The summed E-state index contributed by atoms with van der Waals surface area (Å²) in [6.45, 7) is 9.68. The third-order valence-electron chi connectivity index (χ3n) is 3.27. The van der Waals surface area contributed by atoms with Gasteiger partial charge in [0.1, 0.15) is 0 Å². The van der Waals surface area contributed by atoms with Crippen LogP contribution in [0.3, 0.4) is 0 Å². The highest BCUT2D eigenvalue weighted by Gasteiger charge is 2.17. The quantitative estimate of drug-likeness (QED) is 0.740. The molecule has 98 valence electrons. The Bertz CT molecular complexity index is 339. The van der Waals surface area contributed by atoms with Gasteiger partial charge in [-0.2, -0.15) is 5.10 Å². The number of hydrogen-bond acceptors (Lipinski definition) is 2. The maximum Gasteiger partial charge on any atom is 0.0672 e. The van der Waals surface area contributed by atoms with Gasteiger partial charge in [0.25, 0.3) is 0 Å². The van der Waals surface area contributed by atoms with Gasteiger partial charge >= 0.3 is 0 Å². The molecule has 0 saturated carbocycles. The largest absolute Gasteiger partial charge is 0.324 e. The molecule has 3 nitrogen and oxygen atoms in total. The van der Waals surface area contributed by atoms with Gasteiger partial charge in [0.2, 0.25) is 0 Å². The number of aromatic nitrogens is 2. The molecule has 0 radical (unpaired) electrons. The lowest BCUT2D eigenvalue weighted by Gasteiger charge is -2.10. The minimum Gasteiger partial charge on any atom is -0.324 e. The van der Waals surface area contributed by atoms with Crippen LogP contribution in [0.4, 0.5) is 0 Å². The van der Waals surface area contributed by atoms with Crippen LogP contribution < -0.4 is 5.73 Å². The normalized spacial score (nSPS) is 13.0. The second-order valence-corrected chi connectivity index (χ2v) is 4.73. The summed E-state index contributed by atoms with van der Waals surface area (Å²) in [6.07, 6.45) is 5.74. The number of rotatable bonds is 7. The van der Waals surface area contributed by atoms with Crippen LogP contribution in [0, 0.1) is 0 Å². The summed E-state index contributed by atoms with van der Waals surface area (Å²) in [5.41, 5.74) is 9.89. The summed E-state index contributed by atoms with van der Waals surface area (Å²) in [7, 11) is 0. The summed E-state index contributed by atoms with van der Waals surface area (Å²) in [4.78, 5) is 0. The van der Waals surface area contributed by atoms with E-state index >= 15 is 0 Å². The van der Waals surface area contributed by atoms with Gasteiger partial charge in [-0.25, -0.2) is 0 Å². The van der Waals surface area contributed by atoms with E-state index in [1.165, 1.54) is 36.2 Å². The molecule has 0 aliphatic heterocycles. The van der Waals surface area contributed by atoms with Crippen LogP contribution in [0.5, 0.6) is 0 Å². The standard InChI is InChI=1S/C14H27N3/c1-5-8-9-10-17-13(7-3)14(11(4)15)12(6-2)16-17/h11H,5-10,15H2,1-4H3. The number of aryl methyl sites for hydroxylation is 2. The molecule has 0 saturated heterocycles. The van der Waals surface area contributed by atoms with Crippen LogP contribution in [0.25, 0.3) is 0 Å². The summed E-state index contributed by atoms with van der Waals surface area (Å²) < 4.78 is 2.19. The van der Waals surface area contributed by atoms with Gasteiger partial charge in [-0.3, -0.25) is 4.68 Å². The lowest BCUT2D eigenvalue weighted by atomic mass is 10.0. The van der Waals surface area contributed by atoms with Crippen LogP contribution in [0.15, 0.2) is 0 Å². The van der Waals surface area contributed by atoms with Crippen LogP contribution >= 0.6 is 0 Å².